The average Bonchev–Trinajstić information content (AvgIpc) is 2.31. The number of nitrogens with two attached hydrogens (primary N) is 1. The first-order valence-corrected chi connectivity index (χ1v) is 5.24. The zero-order valence-electron chi connectivity index (χ0n) is 8.99. The van der Waals surface area contributed by atoms with Crippen LogP contribution in [0.1, 0.15) is 5.56 Å². The Labute approximate surface area is 93.7 Å². The Morgan fingerprint density at radius 1 is 1.38 bits per heavy atom. The quantitative estimate of drug-likeness (QED) is 0.783. The van der Waals surface area contributed by atoms with Gasteiger partial charge >= 0.3 is 0 Å². The van der Waals surface area contributed by atoms with E-state index in [1.54, 1.807) is 6.07 Å². The summed E-state index contributed by atoms with van der Waals surface area (Å²) in [7, 11) is 0. The van der Waals surface area contributed by atoms with E-state index in [-0.39, 0.29) is 12.4 Å². The molecule has 1 aliphatic heterocycles. The molecule has 1 saturated heterocycles. The molecule has 0 aliphatic carbocycles. The lowest BCUT2D eigenvalue weighted by Crippen LogP contribution is -2.36. The molecule has 0 radical (unpaired) electrons. The highest BCUT2D eigenvalue weighted by atomic mass is 19.1. The monoisotopic (exact) mass is 226 g/mol. The Kier molecular flexibility index (Phi) is 3.71. The molecule has 0 saturated carbocycles. The van der Waals surface area contributed by atoms with Crippen LogP contribution >= 0.6 is 0 Å². The van der Waals surface area contributed by atoms with Crippen molar-refractivity contribution in [2.75, 3.05) is 31.2 Å². The minimum Gasteiger partial charge on any atom is -0.378 e. The van der Waals surface area contributed by atoms with Gasteiger partial charge in [0, 0.05) is 24.3 Å². The summed E-state index contributed by atoms with van der Waals surface area (Å²) in [5.74, 6) is 4.77. The maximum absolute atomic E-state index is 13.1. The third-order valence-corrected chi connectivity index (χ3v) is 2.63. The molecule has 16 heavy (non-hydrogen) atoms. The van der Waals surface area contributed by atoms with Crippen LogP contribution in [0.2, 0.25) is 0 Å². The summed E-state index contributed by atoms with van der Waals surface area (Å²) in [6.45, 7) is 3.22. The number of rotatable bonds is 3. The molecule has 1 aromatic carbocycles. The Morgan fingerprint density at radius 2 is 2.12 bits per heavy atom. The minimum atomic E-state index is -0.274. The van der Waals surface area contributed by atoms with E-state index in [9.17, 15) is 4.39 Å². The van der Waals surface area contributed by atoms with Crippen LogP contribution in [0, 0.1) is 5.82 Å². The van der Waals surface area contributed by atoms with Crippen molar-refractivity contribution in [2.45, 2.75) is 6.61 Å². The van der Waals surface area contributed by atoms with Gasteiger partial charge in [-0.25, -0.2) is 10.3 Å². The highest BCUT2D eigenvalue weighted by Crippen LogP contribution is 2.23. The first-order chi connectivity index (χ1) is 7.81. The minimum absolute atomic E-state index is 0.213. The maximum atomic E-state index is 13.1. The molecule has 0 amide bonds. The number of nitrogens with zero attached hydrogens (tertiary/aromatic N) is 1. The molecular formula is C11H15FN2O2. The van der Waals surface area contributed by atoms with E-state index in [2.05, 4.69) is 9.74 Å². The van der Waals surface area contributed by atoms with Crippen LogP contribution in [-0.4, -0.2) is 26.3 Å². The molecule has 0 aromatic heterocycles. The van der Waals surface area contributed by atoms with Crippen molar-refractivity contribution in [3.8, 4) is 0 Å². The molecule has 4 nitrogen and oxygen atoms in total. The van der Waals surface area contributed by atoms with Crippen molar-refractivity contribution >= 4 is 5.69 Å². The van der Waals surface area contributed by atoms with Gasteiger partial charge in [0.2, 0.25) is 0 Å². The second-order valence-corrected chi connectivity index (χ2v) is 3.68. The summed E-state index contributed by atoms with van der Waals surface area (Å²) in [6, 6.07) is 4.66. The molecule has 2 rings (SSSR count). The predicted octanol–water partition coefficient (Wildman–Crippen LogP) is 1.05. The van der Waals surface area contributed by atoms with Gasteiger partial charge in [-0.05, 0) is 18.2 Å². The van der Waals surface area contributed by atoms with E-state index in [0.29, 0.717) is 13.2 Å². The Hall–Kier alpha value is -1.17. The topological polar surface area (TPSA) is 47.7 Å². The van der Waals surface area contributed by atoms with Crippen molar-refractivity contribution in [1.29, 1.82) is 0 Å². The predicted molar refractivity (Wildman–Crippen MR) is 58.4 cm³/mol. The molecule has 1 heterocycles. The highest BCUT2D eigenvalue weighted by Gasteiger charge is 2.15. The summed E-state index contributed by atoms with van der Waals surface area (Å²) in [4.78, 5) is 6.74. The van der Waals surface area contributed by atoms with Crippen LogP contribution in [0.5, 0.6) is 0 Å². The SMILES string of the molecule is NOCc1cc(F)ccc1N1CCOCC1. The van der Waals surface area contributed by atoms with Crippen molar-refractivity contribution in [3.05, 3.63) is 29.6 Å². The van der Waals surface area contributed by atoms with E-state index < -0.39 is 0 Å². The van der Waals surface area contributed by atoms with E-state index in [4.69, 9.17) is 10.6 Å². The van der Waals surface area contributed by atoms with Crippen LogP contribution in [0.3, 0.4) is 0 Å². The van der Waals surface area contributed by atoms with Crippen molar-refractivity contribution in [1.82, 2.24) is 0 Å². The molecule has 0 atom stereocenters. The zero-order chi connectivity index (χ0) is 11.4. The van der Waals surface area contributed by atoms with Gasteiger partial charge in [-0.2, -0.15) is 0 Å². The van der Waals surface area contributed by atoms with Gasteiger partial charge in [0.05, 0.1) is 19.8 Å². The number of hydrogen-bond donors (Lipinski definition) is 1. The fourth-order valence-electron chi connectivity index (χ4n) is 1.87. The molecule has 1 fully saturated rings. The Morgan fingerprint density at radius 3 is 2.81 bits per heavy atom. The molecule has 0 spiro atoms. The van der Waals surface area contributed by atoms with E-state index in [1.807, 2.05) is 0 Å². The second-order valence-electron chi connectivity index (χ2n) is 3.68. The van der Waals surface area contributed by atoms with Crippen LogP contribution in [0.15, 0.2) is 18.2 Å². The highest BCUT2D eigenvalue weighted by molar-refractivity contribution is 5.53. The maximum Gasteiger partial charge on any atom is 0.123 e. The fraction of sp³-hybridized carbons (Fsp3) is 0.455. The van der Waals surface area contributed by atoms with E-state index in [0.717, 1.165) is 24.3 Å². The molecule has 88 valence electrons. The molecule has 2 N–H and O–H groups in total. The first-order valence-electron chi connectivity index (χ1n) is 5.24. The molecular weight excluding hydrogens is 211 g/mol. The van der Waals surface area contributed by atoms with Crippen molar-refractivity contribution in [2.24, 2.45) is 5.90 Å². The standard InChI is InChI=1S/C11H15FN2O2/c12-10-1-2-11(9(7-10)8-16-13)14-3-5-15-6-4-14/h1-2,7H,3-6,8,13H2. The molecule has 1 aromatic rings. The Balaban J connectivity index is 2.23. The van der Waals surface area contributed by atoms with E-state index in [1.165, 1.54) is 12.1 Å². The fourth-order valence-corrected chi connectivity index (χ4v) is 1.87. The second kappa shape index (κ2) is 5.25. The lowest BCUT2D eigenvalue weighted by atomic mass is 10.1. The average molecular weight is 226 g/mol. The third-order valence-electron chi connectivity index (χ3n) is 2.63. The molecule has 0 bridgehead atoms. The summed E-state index contributed by atoms with van der Waals surface area (Å²) in [5.41, 5.74) is 1.74. The number of benzene rings is 1. The van der Waals surface area contributed by atoms with Gasteiger partial charge in [-0.15, -0.1) is 0 Å². The molecule has 5 heteroatoms. The van der Waals surface area contributed by atoms with Crippen LogP contribution in [0.25, 0.3) is 0 Å². The van der Waals surface area contributed by atoms with Gasteiger partial charge in [-0.1, -0.05) is 0 Å². The lowest BCUT2D eigenvalue weighted by Gasteiger charge is -2.30. The summed E-state index contributed by atoms with van der Waals surface area (Å²) in [5, 5.41) is 0. The van der Waals surface area contributed by atoms with Gasteiger partial charge < -0.3 is 9.64 Å². The zero-order valence-corrected chi connectivity index (χ0v) is 8.99. The van der Waals surface area contributed by atoms with Crippen molar-refractivity contribution < 1.29 is 14.0 Å². The number of ether oxygens (including phenoxy) is 1. The van der Waals surface area contributed by atoms with E-state index >= 15 is 0 Å². The molecule has 1 aliphatic rings. The normalized spacial score (nSPS) is 16.5. The largest absolute Gasteiger partial charge is 0.378 e. The van der Waals surface area contributed by atoms with Crippen LogP contribution in [-0.2, 0) is 16.2 Å². The molecule has 0 unspecified atom stereocenters. The number of halogens is 1. The number of anilines is 1. The smallest absolute Gasteiger partial charge is 0.123 e. The third kappa shape index (κ3) is 2.49. The van der Waals surface area contributed by atoms with Crippen LogP contribution < -0.4 is 10.8 Å². The van der Waals surface area contributed by atoms with Gasteiger partial charge in [0.15, 0.2) is 0 Å². The number of morpholine rings is 1. The van der Waals surface area contributed by atoms with Gasteiger partial charge in [-0.3, -0.25) is 4.84 Å². The number of hydrogen-bond acceptors (Lipinski definition) is 4. The first kappa shape index (κ1) is 11.3. The van der Waals surface area contributed by atoms with Gasteiger partial charge in [0.25, 0.3) is 0 Å². The Bertz CT molecular complexity index is 354. The van der Waals surface area contributed by atoms with Gasteiger partial charge in [0.1, 0.15) is 5.82 Å². The van der Waals surface area contributed by atoms with Crippen LogP contribution in [0.4, 0.5) is 10.1 Å². The summed E-state index contributed by atoms with van der Waals surface area (Å²) < 4.78 is 18.4. The lowest BCUT2D eigenvalue weighted by molar-refractivity contribution is 0.118. The summed E-state index contributed by atoms with van der Waals surface area (Å²) in [6.07, 6.45) is 0. The summed E-state index contributed by atoms with van der Waals surface area (Å²) >= 11 is 0. The van der Waals surface area contributed by atoms with Crippen molar-refractivity contribution in [3.63, 3.8) is 0 Å².